The summed E-state index contributed by atoms with van der Waals surface area (Å²) in [4.78, 5) is 23.6. The summed E-state index contributed by atoms with van der Waals surface area (Å²) in [6.07, 6.45) is 2.56. The minimum Gasteiger partial charge on any atom is -0.482 e. The predicted octanol–water partition coefficient (Wildman–Crippen LogP) is 2.58. The lowest BCUT2D eigenvalue weighted by atomic mass is 10.1. The van der Waals surface area contributed by atoms with Gasteiger partial charge >= 0.3 is 0 Å². The number of amides is 2. The van der Waals surface area contributed by atoms with Gasteiger partial charge in [-0.2, -0.15) is 0 Å². The number of anilines is 2. The van der Waals surface area contributed by atoms with Gasteiger partial charge in [0.25, 0.3) is 11.8 Å². The quantitative estimate of drug-likeness (QED) is 0.834. The van der Waals surface area contributed by atoms with E-state index in [9.17, 15) is 9.59 Å². The average Bonchev–Trinajstić information content (AvgIpc) is 2.61. The molecule has 2 heterocycles. The molecule has 2 atom stereocenters. The van der Waals surface area contributed by atoms with Crippen molar-refractivity contribution >= 4 is 34.8 Å². The van der Waals surface area contributed by atoms with Gasteiger partial charge in [-0.25, -0.2) is 0 Å². The normalized spacial score (nSPS) is 20.9. The highest BCUT2D eigenvalue weighted by molar-refractivity contribution is 6.34. The Morgan fingerprint density at radius 3 is 3.08 bits per heavy atom. The molecule has 2 amide bonds. The average molecular weight is 369 g/mol. The fraction of sp³-hybridized carbons (Fsp3) is 0.529. The number of carbonyl (C=O) groups is 2. The summed E-state index contributed by atoms with van der Waals surface area (Å²) in [6.45, 7) is 2.75. The monoisotopic (exact) mass is 368 g/mol. The fourth-order valence-electron chi connectivity index (χ4n) is 2.70. The van der Waals surface area contributed by atoms with Crippen molar-refractivity contribution in [2.45, 2.75) is 38.4 Å². The summed E-state index contributed by atoms with van der Waals surface area (Å²) < 4.78 is 16.5. The Labute approximate surface area is 151 Å². The van der Waals surface area contributed by atoms with Crippen LogP contribution in [0.4, 0.5) is 11.4 Å². The molecule has 1 fully saturated rings. The highest BCUT2D eigenvalue weighted by Crippen LogP contribution is 2.36. The minimum absolute atomic E-state index is 0.0494. The maximum absolute atomic E-state index is 12.3. The fourth-order valence-corrected chi connectivity index (χ4v) is 2.91. The summed E-state index contributed by atoms with van der Waals surface area (Å²) in [6, 6.07) is 3.14. The Hall–Kier alpha value is -1.83. The lowest BCUT2D eigenvalue weighted by Crippen LogP contribution is -2.32. The lowest BCUT2D eigenvalue weighted by molar-refractivity contribution is -0.130. The van der Waals surface area contributed by atoms with Crippen molar-refractivity contribution in [3.05, 3.63) is 17.2 Å². The Kier molecular flexibility index (Phi) is 5.78. The Morgan fingerprint density at radius 1 is 1.48 bits per heavy atom. The molecule has 3 rings (SSSR count). The zero-order valence-electron chi connectivity index (χ0n) is 14.0. The Balaban J connectivity index is 1.57. The summed E-state index contributed by atoms with van der Waals surface area (Å²) >= 11 is 6.17. The topological polar surface area (TPSA) is 85.9 Å². The molecule has 0 aliphatic carbocycles. The summed E-state index contributed by atoms with van der Waals surface area (Å²) in [5.74, 6) is -0.0895. The number of rotatable bonds is 5. The number of ether oxygens (including phenoxy) is 3. The number of halogens is 1. The molecular formula is C17H21ClN2O5. The molecule has 8 heteroatoms. The maximum Gasteiger partial charge on any atom is 0.262 e. The van der Waals surface area contributed by atoms with Gasteiger partial charge in [0.05, 0.1) is 29.1 Å². The molecule has 136 valence electrons. The van der Waals surface area contributed by atoms with E-state index in [-0.39, 0.29) is 24.5 Å². The van der Waals surface area contributed by atoms with Gasteiger partial charge in [-0.3, -0.25) is 9.59 Å². The molecular weight excluding hydrogens is 348 g/mol. The largest absolute Gasteiger partial charge is 0.482 e. The van der Waals surface area contributed by atoms with Gasteiger partial charge in [-0.05, 0) is 32.3 Å². The number of benzene rings is 1. The lowest BCUT2D eigenvalue weighted by Gasteiger charge is -2.24. The molecule has 25 heavy (non-hydrogen) atoms. The third kappa shape index (κ3) is 4.62. The molecule has 2 aliphatic heterocycles. The molecule has 1 aromatic carbocycles. The van der Waals surface area contributed by atoms with Crippen LogP contribution in [0.1, 0.15) is 26.2 Å². The van der Waals surface area contributed by atoms with Crippen molar-refractivity contribution < 1.29 is 23.8 Å². The van der Waals surface area contributed by atoms with Crippen LogP contribution in [-0.4, -0.2) is 43.8 Å². The molecule has 1 saturated heterocycles. The Bertz CT molecular complexity index is 661. The first kappa shape index (κ1) is 18.0. The van der Waals surface area contributed by atoms with Crippen LogP contribution in [0.2, 0.25) is 5.02 Å². The molecule has 7 nitrogen and oxygen atoms in total. The van der Waals surface area contributed by atoms with Crippen LogP contribution in [0.5, 0.6) is 5.75 Å². The van der Waals surface area contributed by atoms with Crippen molar-refractivity contribution in [3.63, 3.8) is 0 Å². The summed E-state index contributed by atoms with van der Waals surface area (Å²) in [7, 11) is 0. The molecule has 0 unspecified atom stereocenters. The molecule has 0 bridgehead atoms. The van der Waals surface area contributed by atoms with Gasteiger partial charge in [-0.1, -0.05) is 11.6 Å². The van der Waals surface area contributed by atoms with Crippen LogP contribution >= 0.6 is 11.6 Å². The standard InChI is InChI=1S/C17H21ClN2O5/c1-10(24-8-11-4-2-3-5-23-11)17(22)20-13-7-15-14(6-12(13)18)19-16(21)9-25-15/h6-7,10-11H,2-5,8-9H2,1H3,(H,19,21)(H,20,22)/t10-,11+/m1/s1. The third-order valence-electron chi connectivity index (χ3n) is 4.14. The molecule has 0 aromatic heterocycles. The van der Waals surface area contributed by atoms with E-state index in [1.807, 2.05) is 0 Å². The van der Waals surface area contributed by atoms with Gasteiger partial charge in [-0.15, -0.1) is 0 Å². The predicted molar refractivity (Wildman–Crippen MR) is 93.2 cm³/mol. The summed E-state index contributed by atoms with van der Waals surface area (Å²) in [5, 5.41) is 5.70. The van der Waals surface area contributed by atoms with Crippen LogP contribution in [0, 0.1) is 0 Å². The van der Waals surface area contributed by atoms with E-state index < -0.39 is 6.10 Å². The highest BCUT2D eigenvalue weighted by atomic mass is 35.5. The van der Waals surface area contributed by atoms with Crippen LogP contribution in [-0.2, 0) is 19.1 Å². The van der Waals surface area contributed by atoms with E-state index >= 15 is 0 Å². The number of nitrogens with one attached hydrogen (secondary N) is 2. The van der Waals surface area contributed by atoms with E-state index in [1.54, 1.807) is 19.1 Å². The van der Waals surface area contributed by atoms with E-state index in [1.165, 1.54) is 0 Å². The van der Waals surface area contributed by atoms with Gasteiger partial charge < -0.3 is 24.8 Å². The second kappa shape index (κ2) is 8.03. The van der Waals surface area contributed by atoms with Crippen molar-refractivity contribution in [2.24, 2.45) is 0 Å². The smallest absolute Gasteiger partial charge is 0.262 e. The number of fused-ring (bicyclic) bond motifs is 1. The zero-order valence-corrected chi connectivity index (χ0v) is 14.7. The van der Waals surface area contributed by atoms with E-state index in [4.69, 9.17) is 25.8 Å². The molecule has 1 aromatic rings. The number of hydrogen-bond acceptors (Lipinski definition) is 5. The number of hydrogen-bond donors (Lipinski definition) is 2. The second-order valence-electron chi connectivity index (χ2n) is 6.12. The maximum atomic E-state index is 12.3. The van der Waals surface area contributed by atoms with Crippen molar-refractivity contribution in [3.8, 4) is 5.75 Å². The first-order valence-corrected chi connectivity index (χ1v) is 8.71. The highest BCUT2D eigenvalue weighted by Gasteiger charge is 2.22. The van der Waals surface area contributed by atoms with Crippen LogP contribution in [0.25, 0.3) is 0 Å². The third-order valence-corrected chi connectivity index (χ3v) is 4.45. The molecule has 0 spiro atoms. The first-order valence-electron chi connectivity index (χ1n) is 8.33. The molecule has 0 radical (unpaired) electrons. The van der Waals surface area contributed by atoms with Gasteiger partial charge in [0.1, 0.15) is 11.9 Å². The van der Waals surface area contributed by atoms with Gasteiger partial charge in [0, 0.05) is 12.7 Å². The van der Waals surface area contributed by atoms with Crippen LogP contribution in [0.3, 0.4) is 0 Å². The number of carbonyl (C=O) groups excluding carboxylic acids is 2. The van der Waals surface area contributed by atoms with Crippen LogP contribution in [0.15, 0.2) is 12.1 Å². The SMILES string of the molecule is C[C@@H](OC[C@@H]1CCCCO1)C(=O)Nc1cc2c(cc1Cl)NC(=O)CO2. The van der Waals surface area contributed by atoms with E-state index in [2.05, 4.69) is 10.6 Å². The summed E-state index contributed by atoms with van der Waals surface area (Å²) in [5.41, 5.74) is 0.893. The van der Waals surface area contributed by atoms with Gasteiger partial charge in [0.15, 0.2) is 6.61 Å². The van der Waals surface area contributed by atoms with E-state index in [0.717, 1.165) is 25.9 Å². The van der Waals surface area contributed by atoms with Gasteiger partial charge in [0.2, 0.25) is 0 Å². The minimum atomic E-state index is -0.641. The van der Waals surface area contributed by atoms with Crippen molar-refractivity contribution in [2.75, 3.05) is 30.5 Å². The second-order valence-corrected chi connectivity index (χ2v) is 6.53. The van der Waals surface area contributed by atoms with Crippen molar-refractivity contribution in [1.29, 1.82) is 0 Å². The molecule has 2 aliphatic rings. The van der Waals surface area contributed by atoms with Crippen LogP contribution < -0.4 is 15.4 Å². The zero-order chi connectivity index (χ0) is 17.8. The molecule has 2 N–H and O–H groups in total. The Morgan fingerprint density at radius 2 is 2.32 bits per heavy atom. The molecule has 0 saturated carbocycles. The van der Waals surface area contributed by atoms with E-state index in [0.29, 0.717) is 28.8 Å². The van der Waals surface area contributed by atoms with Crippen molar-refractivity contribution in [1.82, 2.24) is 0 Å². The first-order chi connectivity index (χ1) is 12.0.